The van der Waals surface area contributed by atoms with Crippen LogP contribution in [0.15, 0.2) is 18.2 Å². The van der Waals surface area contributed by atoms with E-state index in [9.17, 15) is 4.79 Å². The van der Waals surface area contributed by atoms with Crippen LogP contribution >= 0.6 is 0 Å². The highest BCUT2D eigenvalue weighted by atomic mass is 16.5. The number of ether oxygens (including phenoxy) is 2. The maximum Gasteiger partial charge on any atom is 0.265 e. The third kappa shape index (κ3) is 3.38. The molecule has 2 rings (SSSR count). The van der Waals surface area contributed by atoms with Crippen molar-refractivity contribution >= 4 is 17.3 Å². The van der Waals surface area contributed by atoms with Crippen LogP contribution in [-0.4, -0.2) is 31.3 Å². The minimum atomic E-state index is -0.441. The van der Waals surface area contributed by atoms with E-state index in [0.717, 1.165) is 5.69 Å². The lowest BCUT2D eigenvalue weighted by molar-refractivity contribution is -0.122. The summed E-state index contributed by atoms with van der Waals surface area (Å²) in [6.07, 6.45) is -0.441. The van der Waals surface area contributed by atoms with Crippen molar-refractivity contribution in [1.29, 1.82) is 0 Å². The largest absolute Gasteiger partial charge is 0.479 e. The number of nitrogens with one attached hydrogen (secondary N) is 2. The third-order valence-corrected chi connectivity index (χ3v) is 2.90. The second-order valence-corrected chi connectivity index (χ2v) is 4.67. The normalized spacial score (nSPS) is 19.1. The van der Waals surface area contributed by atoms with Gasteiger partial charge in [-0.1, -0.05) is 0 Å². The molecule has 1 aliphatic rings. The molecule has 1 amide bonds. The van der Waals surface area contributed by atoms with E-state index >= 15 is 0 Å². The molecule has 104 valence electrons. The lowest BCUT2D eigenvalue weighted by atomic mass is 10.2. The van der Waals surface area contributed by atoms with Gasteiger partial charge < -0.3 is 20.1 Å². The minimum absolute atomic E-state index is 0.119. The number of amides is 1. The molecule has 0 saturated heterocycles. The number of rotatable bonds is 5. The van der Waals surface area contributed by atoms with E-state index in [-0.39, 0.29) is 11.9 Å². The van der Waals surface area contributed by atoms with E-state index in [1.165, 1.54) is 0 Å². The summed E-state index contributed by atoms with van der Waals surface area (Å²) >= 11 is 0. The number of hydrogen-bond donors (Lipinski definition) is 2. The first-order chi connectivity index (χ1) is 9.10. The van der Waals surface area contributed by atoms with Crippen molar-refractivity contribution in [2.75, 3.05) is 23.8 Å². The number of benzene rings is 1. The number of hydrogen-bond acceptors (Lipinski definition) is 4. The summed E-state index contributed by atoms with van der Waals surface area (Å²) in [7, 11) is 0. The minimum Gasteiger partial charge on any atom is -0.479 e. The molecule has 5 nitrogen and oxygen atoms in total. The van der Waals surface area contributed by atoms with Gasteiger partial charge in [-0.15, -0.1) is 0 Å². The molecule has 0 fully saturated rings. The van der Waals surface area contributed by atoms with Crippen LogP contribution in [0.4, 0.5) is 11.4 Å². The van der Waals surface area contributed by atoms with Crippen LogP contribution in [0.2, 0.25) is 0 Å². The lowest BCUT2D eigenvalue weighted by Crippen LogP contribution is -2.34. The van der Waals surface area contributed by atoms with Crippen LogP contribution in [0.5, 0.6) is 5.75 Å². The van der Waals surface area contributed by atoms with Gasteiger partial charge in [0.05, 0.1) is 12.3 Å². The summed E-state index contributed by atoms with van der Waals surface area (Å²) in [6, 6.07) is 5.88. The highest BCUT2D eigenvalue weighted by Gasteiger charge is 2.23. The molecule has 1 aromatic rings. The quantitative estimate of drug-likeness (QED) is 0.856. The van der Waals surface area contributed by atoms with Gasteiger partial charge in [-0.2, -0.15) is 0 Å². The monoisotopic (exact) mass is 264 g/mol. The van der Waals surface area contributed by atoms with Gasteiger partial charge in [0, 0.05) is 18.3 Å². The van der Waals surface area contributed by atoms with Crippen molar-refractivity contribution in [3.63, 3.8) is 0 Å². The van der Waals surface area contributed by atoms with E-state index in [1.54, 1.807) is 6.92 Å². The summed E-state index contributed by atoms with van der Waals surface area (Å²) in [4.78, 5) is 11.6. The second kappa shape index (κ2) is 5.93. The van der Waals surface area contributed by atoms with Crippen molar-refractivity contribution in [3.8, 4) is 5.75 Å². The molecule has 2 N–H and O–H groups in total. The molecule has 0 bridgehead atoms. The maximum absolute atomic E-state index is 11.6. The van der Waals surface area contributed by atoms with Gasteiger partial charge >= 0.3 is 0 Å². The Kier molecular flexibility index (Phi) is 4.27. The molecule has 1 aromatic carbocycles. The SMILES string of the molecule is CCOCC(C)Nc1ccc2c(c1)NC(=O)C(C)O2. The van der Waals surface area contributed by atoms with Gasteiger partial charge in [-0.25, -0.2) is 0 Å². The Balaban J connectivity index is 2.05. The number of anilines is 2. The molecule has 1 heterocycles. The molecule has 0 aromatic heterocycles. The van der Waals surface area contributed by atoms with Gasteiger partial charge in [0.15, 0.2) is 6.10 Å². The summed E-state index contributed by atoms with van der Waals surface area (Å²) < 4.78 is 10.9. The first-order valence-corrected chi connectivity index (χ1v) is 6.56. The highest BCUT2D eigenvalue weighted by molar-refractivity contribution is 5.98. The molecule has 0 saturated carbocycles. The zero-order valence-corrected chi connectivity index (χ0v) is 11.5. The Morgan fingerprint density at radius 2 is 2.32 bits per heavy atom. The number of carbonyl (C=O) groups is 1. The Morgan fingerprint density at radius 3 is 3.05 bits per heavy atom. The molecule has 2 atom stereocenters. The molecule has 1 aliphatic heterocycles. The van der Waals surface area contributed by atoms with Gasteiger partial charge in [0.25, 0.3) is 5.91 Å². The first-order valence-electron chi connectivity index (χ1n) is 6.56. The summed E-state index contributed by atoms with van der Waals surface area (Å²) in [5.74, 6) is 0.585. The lowest BCUT2D eigenvalue weighted by Gasteiger charge is -2.24. The molecule has 5 heteroatoms. The van der Waals surface area contributed by atoms with Crippen LogP contribution in [-0.2, 0) is 9.53 Å². The summed E-state index contributed by atoms with van der Waals surface area (Å²) in [5.41, 5.74) is 1.64. The molecule has 0 radical (unpaired) electrons. The first kappa shape index (κ1) is 13.7. The van der Waals surface area contributed by atoms with Gasteiger partial charge in [-0.05, 0) is 39.0 Å². The van der Waals surface area contributed by atoms with Crippen molar-refractivity contribution in [2.45, 2.75) is 32.9 Å². The van der Waals surface area contributed by atoms with Crippen LogP contribution in [0.25, 0.3) is 0 Å². The standard InChI is InChI=1S/C14H20N2O3/c1-4-18-8-9(2)15-11-5-6-13-12(7-11)16-14(17)10(3)19-13/h5-7,9-10,15H,4,8H2,1-3H3,(H,16,17). The van der Waals surface area contributed by atoms with Gasteiger partial charge in [0.1, 0.15) is 5.75 Å². The van der Waals surface area contributed by atoms with Crippen LogP contribution in [0, 0.1) is 0 Å². The van der Waals surface area contributed by atoms with Gasteiger partial charge in [0.2, 0.25) is 0 Å². The van der Waals surface area contributed by atoms with Crippen molar-refractivity contribution in [2.24, 2.45) is 0 Å². The molecular weight excluding hydrogens is 244 g/mol. The van der Waals surface area contributed by atoms with Crippen LogP contribution in [0.3, 0.4) is 0 Å². The van der Waals surface area contributed by atoms with Crippen molar-refractivity contribution in [3.05, 3.63) is 18.2 Å². The molecule has 19 heavy (non-hydrogen) atoms. The van der Waals surface area contributed by atoms with Gasteiger partial charge in [-0.3, -0.25) is 4.79 Å². The highest BCUT2D eigenvalue weighted by Crippen LogP contribution is 2.32. The predicted molar refractivity (Wildman–Crippen MR) is 74.7 cm³/mol. The molecule has 0 spiro atoms. The molecule has 0 aliphatic carbocycles. The Labute approximate surface area is 113 Å². The average molecular weight is 264 g/mol. The van der Waals surface area contributed by atoms with Crippen molar-refractivity contribution < 1.29 is 14.3 Å². The topological polar surface area (TPSA) is 59.6 Å². The average Bonchev–Trinajstić information content (AvgIpc) is 2.38. The zero-order chi connectivity index (χ0) is 13.8. The van der Waals surface area contributed by atoms with Crippen LogP contribution in [0.1, 0.15) is 20.8 Å². The Morgan fingerprint density at radius 1 is 1.53 bits per heavy atom. The second-order valence-electron chi connectivity index (χ2n) is 4.67. The number of fused-ring (bicyclic) bond motifs is 1. The van der Waals surface area contributed by atoms with E-state index in [0.29, 0.717) is 24.7 Å². The van der Waals surface area contributed by atoms with E-state index < -0.39 is 6.10 Å². The maximum atomic E-state index is 11.6. The number of carbonyl (C=O) groups excluding carboxylic acids is 1. The van der Waals surface area contributed by atoms with Crippen LogP contribution < -0.4 is 15.4 Å². The molecular formula is C14H20N2O3. The predicted octanol–water partition coefficient (Wildman–Crippen LogP) is 2.24. The van der Waals surface area contributed by atoms with E-state index in [4.69, 9.17) is 9.47 Å². The Bertz CT molecular complexity index is 462. The smallest absolute Gasteiger partial charge is 0.265 e. The van der Waals surface area contributed by atoms with E-state index in [1.807, 2.05) is 32.0 Å². The fourth-order valence-electron chi connectivity index (χ4n) is 1.92. The Hall–Kier alpha value is -1.75. The summed E-state index contributed by atoms with van der Waals surface area (Å²) in [5, 5.41) is 6.15. The molecule has 2 unspecified atom stereocenters. The van der Waals surface area contributed by atoms with Crippen molar-refractivity contribution in [1.82, 2.24) is 0 Å². The zero-order valence-electron chi connectivity index (χ0n) is 11.5. The fraction of sp³-hybridized carbons (Fsp3) is 0.500. The third-order valence-electron chi connectivity index (χ3n) is 2.90. The van der Waals surface area contributed by atoms with E-state index in [2.05, 4.69) is 10.6 Å². The summed E-state index contributed by atoms with van der Waals surface area (Å²) in [6.45, 7) is 7.10. The fourth-order valence-corrected chi connectivity index (χ4v) is 1.92.